The Bertz CT molecular complexity index is 508. The lowest BCUT2D eigenvalue weighted by atomic mass is 10.2. The lowest BCUT2D eigenvalue weighted by Crippen LogP contribution is -2.06. The second-order valence-corrected chi connectivity index (χ2v) is 4.70. The molecular formula is C13H16N4. The van der Waals surface area contributed by atoms with E-state index in [1.807, 2.05) is 36.1 Å². The molecule has 2 aromatic heterocycles. The molecule has 0 spiro atoms. The van der Waals surface area contributed by atoms with Crippen LogP contribution in [0.15, 0.2) is 30.6 Å². The number of hydrogen-bond acceptors (Lipinski definition) is 3. The molecule has 4 heteroatoms. The Morgan fingerprint density at radius 1 is 1.35 bits per heavy atom. The van der Waals surface area contributed by atoms with Gasteiger partial charge in [-0.2, -0.15) is 5.10 Å². The summed E-state index contributed by atoms with van der Waals surface area (Å²) >= 11 is 0. The number of hydrogen-bond donors (Lipinski definition) is 1. The van der Waals surface area contributed by atoms with Gasteiger partial charge >= 0.3 is 0 Å². The monoisotopic (exact) mass is 228 g/mol. The highest BCUT2D eigenvalue weighted by atomic mass is 15.3. The summed E-state index contributed by atoms with van der Waals surface area (Å²) in [4.78, 5) is 4.38. The van der Waals surface area contributed by atoms with E-state index in [1.54, 1.807) is 0 Å². The highest BCUT2D eigenvalue weighted by Crippen LogP contribution is 2.38. The predicted molar refractivity (Wildman–Crippen MR) is 65.9 cm³/mol. The molecule has 88 valence electrons. The molecular weight excluding hydrogens is 212 g/mol. The zero-order chi connectivity index (χ0) is 11.8. The molecule has 3 rings (SSSR count). The van der Waals surface area contributed by atoms with Gasteiger partial charge < -0.3 is 5.73 Å². The van der Waals surface area contributed by atoms with E-state index in [1.165, 1.54) is 18.5 Å². The number of rotatable bonds is 3. The van der Waals surface area contributed by atoms with Gasteiger partial charge in [0.2, 0.25) is 0 Å². The van der Waals surface area contributed by atoms with Gasteiger partial charge in [-0.05, 0) is 37.5 Å². The van der Waals surface area contributed by atoms with Crippen molar-refractivity contribution in [3.05, 3.63) is 41.9 Å². The van der Waals surface area contributed by atoms with Crippen LogP contribution in [0.4, 0.5) is 0 Å². The zero-order valence-electron chi connectivity index (χ0n) is 9.87. The average Bonchev–Trinajstić information content (AvgIpc) is 3.07. The Morgan fingerprint density at radius 3 is 2.76 bits per heavy atom. The van der Waals surface area contributed by atoms with E-state index in [9.17, 15) is 0 Å². The number of aromatic nitrogens is 3. The van der Waals surface area contributed by atoms with E-state index in [0.717, 1.165) is 11.4 Å². The molecule has 2 heterocycles. The third-order valence-electron chi connectivity index (χ3n) is 3.14. The minimum Gasteiger partial charge on any atom is -0.324 e. The highest BCUT2D eigenvalue weighted by Gasteiger charge is 2.25. The summed E-state index contributed by atoms with van der Waals surface area (Å²) in [6, 6.07) is 6.07. The van der Waals surface area contributed by atoms with E-state index in [-0.39, 0.29) is 6.04 Å². The van der Waals surface area contributed by atoms with E-state index in [0.29, 0.717) is 5.92 Å². The summed E-state index contributed by atoms with van der Waals surface area (Å²) in [5.41, 5.74) is 8.02. The van der Waals surface area contributed by atoms with E-state index in [2.05, 4.69) is 16.1 Å². The van der Waals surface area contributed by atoms with E-state index >= 15 is 0 Å². The second kappa shape index (κ2) is 3.96. The Labute approximate surface area is 100 Å². The SMILES string of the molecule is C[C@@H](N)c1ccc(-n2ccc(C3CC3)n2)nc1. The molecule has 0 radical (unpaired) electrons. The van der Waals surface area contributed by atoms with E-state index in [4.69, 9.17) is 5.73 Å². The van der Waals surface area contributed by atoms with Crippen molar-refractivity contribution >= 4 is 0 Å². The maximum Gasteiger partial charge on any atom is 0.153 e. The first-order chi connectivity index (χ1) is 8.24. The maximum absolute atomic E-state index is 5.79. The fraction of sp³-hybridized carbons (Fsp3) is 0.385. The van der Waals surface area contributed by atoms with Crippen LogP contribution in [0.3, 0.4) is 0 Å². The van der Waals surface area contributed by atoms with Crippen LogP contribution in [-0.4, -0.2) is 14.8 Å². The molecule has 0 aromatic carbocycles. The quantitative estimate of drug-likeness (QED) is 0.875. The van der Waals surface area contributed by atoms with Crippen LogP contribution < -0.4 is 5.73 Å². The van der Waals surface area contributed by atoms with Gasteiger partial charge in [0.05, 0.1) is 5.69 Å². The van der Waals surface area contributed by atoms with Crippen molar-refractivity contribution in [1.82, 2.24) is 14.8 Å². The maximum atomic E-state index is 5.79. The van der Waals surface area contributed by atoms with Gasteiger partial charge in [-0.25, -0.2) is 9.67 Å². The summed E-state index contributed by atoms with van der Waals surface area (Å²) < 4.78 is 1.83. The molecule has 17 heavy (non-hydrogen) atoms. The Hall–Kier alpha value is -1.68. The first-order valence-corrected chi connectivity index (χ1v) is 6.01. The third-order valence-corrected chi connectivity index (χ3v) is 3.14. The summed E-state index contributed by atoms with van der Waals surface area (Å²) in [5, 5.41) is 4.54. The van der Waals surface area contributed by atoms with Gasteiger partial charge in [-0.1, -0.05) is 6.07 Å². The molecule has 0 aliphatic heterocycles. The minimum absolute atomic E-state index is 0.0243. The normalized spacial score (nSPS) is 17.1. The number of nitrogens with two attached hydrogens (primary N) is 1. The molecule has 1 aliphatic rings. The number of pyridine rings is 1. The largest absolute Gasteiger partial charge is 0.324 e. The van der Waals surface area contributed by atoms with Crippen molar-refractivity contribution in [2.75, 3.05) is 0 Å². The van der Waals surface area contributed by atoms with Crippen molar-refractivity contribution in [3.63, 3.8) is 0 Å². The molecule has 0 unspecified atom stereocenters. The Morgan fingerprint density at radius 2 is 2.18 bits per heavy atom. The standard InChI is InChI=1S/C13H16N4/c1-9(14)11-4-5-13(15-8-11)17-7-6-12(16-17)10-2-3-10/h4-10H,2-3,14H2,1H3/t9-/m1/s1. The van der Waals surface area contributed by atoms with Crippen LogP contribution >= 0.6 is 0 Å². The molecule has 1 fully saturated rings. The summed E-state index contributed by atoms with van der Waals surface area (Å²) in [6.07, 6.45) is 6.34. The van der Waals surface area contributed by atoms with Crippen molar-refractivity contribution in [2.24, 2.45) is 5.73 Å². The highest BCUT2D eigenvalue weighted by molar-refractivity contribution is 5.27. The molecule has 0 bridgehead atoms. The van der Waals surface area contributed by atoms with Crippen molar-refractivity contribution in [2.45, 2.75) is 31.7 Å². The van der Waals surface area contributed by atoms with Gasteiger partial charge in [0.1, 0.15) is 0 Å². The molecule has 0 saturated heterocycles. The van der Waals surface area contributed by atoms with Crippen LogP contribution in [-0.2, 0) is 0 Å². The van der Waals surface area contributed by atoms with Crippen LogP contribution in [0.2, 0.25) is 0 Å². The summed E-state index contributed by atoms with van der Waals surface area (Å²) in [7, 11) is 0. The summed E-state index contributed by atoms with van der Waals surface area (Å²) in [5.74, 6) is 1.53. The van der Waals surface area contributed by atoms with Gasteiger partial charge in [-0.3, -0.25) is 0 Å². The van der Waals surface area contributed by atoms with Gasteiger partial charge in [0.15, 0.2) is 5.82 Å². The molecule has 1 saturated carbocycles. The van der Waals surface area contributed by atoms with Crippen molar-refractivity contribution in [3.8, 4) is 5.82 Å². The Kier molecular flexibility index (Phi) is 2.44. The van der Waals surface area contributed by atoms with Crippen LogP contribution in [0, 0.1) is 0 Å². The van der Waals surface area contributed by atoms with Crippen LogP contribution in [0.5, 0.6) is 0 Å². The zero-order valence-corrected chi connectivity index (χ0v) is 9.87. The van der Waals surface area contributed by atoms with E-state index < -0.39 is 0 Å². The Balaban J connectivity index is 1.86. The number of nitrogens with zero attached hydrogens (tertiary/aromatic N) is 3. The molecule has 1 atom stereocenters. The summed E-state index contributed by atoms with van der Waals surface area (Å²) in [6.45, 7) is 1.95. The van der Waals surface area contributed by atoms with Gasteiger partial charge in [0.25, 0.3) is 0 Å². The van der Waals surface area contributed by atoms with Gasteiger partial charge in [-0.15, -0.1) is 0 Å². The molecule has 2 aromatic rings. The second-order valence-electron chi connectivity index (χ2n) is 4.70. The first kappa shape index (κ1) is 10.5. The molecule has 4 nitrogen and oxygen atoms in total. The lowest BCUT2D eigenvalue weighted by molar-refractivity contribution is 0.787. The molecule has 1 aliphatic carbocycles. The predicted octanol–water partition coefficient (Wildman–Crippen LogP) is 2.16. The smallest absolute Gasteiger partial charge is 0.153 e. The lowest BCUT2D eigenvalue weighted by Gasteiger charge is -2.05. The fourth-order valence-corrected chi connectivity index (χ4v) is 1.86. The first-order valence-electron chi connectivity index (χ1n) is 6.01. The van der Waals surface area contributed by atoms with Crippen molar-refractivity contribution < 1.29 is 0 Å². The molecule has 2 N–H and O–H groups in total. The minimum atomic E-state index is 0.0243. The van der Waals surface area contributed by atoms with Gasteiger partial charge in [0, 0.05) is 24.4 Å². The molecule has 0 amide bonds. The average molecular weight is 228 g/mol. The third kappa shape index (κ3) is 2.08. The van der Waals surface area contributed by atoms with Crippen LogP contribution in [0.1, 0.15) is 43.0 Å². The topological polar surface area (TPSA) is 56.7 Å². The fourth-order valence-electron chi connectivity index (χ4n) is 1.86. The van der Waals surface area contributed by atoms with Crippen LogP contribution in [0.25, 0.3) is 5.82 Å². The van der Waals surface area contributed by atoms with Crippen molar-refractivity contribution in [1.29, 1.82) is 0 Å².